The summed E-state index contributed by atoms with van der Waals surface area (Å²) in [5, 5.41) is 0. The summed E-state index contributed by atoms with van der Waals surface area (Å²) in [5.41, 5.74) is 0.349. The minimum atomic E-state index is -3.53. The maximum atomic E-state index is 12.7. The van der Waals surface area contributed by atoms with Gasteiger partial charge in [-0.3, -0.25) is 4.72 Å². The van der Waals surface area contributed by atoms with E-state index in [1.165, 1.54) is 28.6 Å². The van der Waals surface area contributed by atoms with Gasteiger partial charge in [-0.15, -0.1) is 0 Å². The molecule has 1 aliphatic rings. The van der Waals surface area contributed by atoms with Gasteiger partial charge in [-0.1, -0.05) is 13.8 Å². The van der Waals surface area contributed by atoms with E-state index >= 15 is 0 Å². The predicted molar refractivity (Wildman–Crippen MR) is 86.6 cm³/mol. The number of sulfonamides is 2. The van der Waals surface area contributed by atoms with Gasteiger partial charge in [-0.25, -0.2) is 16.8 Å². The number of benzene rings is 1. The van der Waals surface area contributed by atoms with Gasteiger partial charge in [-0.05, 0) is 42.5 Å². The van der Waals surface area contributed by atoms with Crippen molar-refractivity contribution in [3.05, 3.63) is 24.3 Å². The SMILES string of the molecule is C[C@H]1C[C@H](C)CN(S(=O)(=O)c2ccc(NS(C)(=O)=O)cc2)C1. The van der Waals surface area contributed by atoms with Crippen LogP contribution in [0, 0.1) is 11.8 Å². The van der Waals surface area contributed by atoms with Gasteiger partial charge < -0.3 is 0 Å². The molecule has 1 fully saturated rings. The largest absolute Gasteiger partial charge is 0.284 e. The minimum absolute atomic E-state index is 0.188. The van der Waals surface area contributed by atoms with Gasteiger partial charge in [0.2, 0.25) is 20.0 Å². The van der Waals surface area contributed by atoms with Crippen LogP contribution in [0.3, 0.4) is 0 Å². The number of piperidine rings is 1. The lowest BCUT2D eigenvalue weighted by atomic mass is 9.94. The van der Waals surface area contributed by atoms with Crippen LogP contribution >= 0.6 is 0 Å². The fraction of sp³-hybridized carbons (Fsp3) is 0.571. The molecule has 6 nitrogen and oxygen atoms in total. The second-order valence-electron chi connectivity index (χ2n) is 6.17. The molecular weight excluding hydrogens is 324 g/mol. The molecule has 1 aliphatic heterocycles. The average Bonchev–Trinajstić information content (AvgIpc) is 2.36. The molecule has 2 rings (SSSR count). The third-order valence-corrected chi connectivity index (χ3v) is 6.08. The molecule has 0 bridgehead atoms. The topological polar surface area (TPSA) is 83.6 Å². The van der Waals surface area contributed by atoms with Gasteiger partial charge in [0.05, 0.1) is 11.2 Å². The Bertz CT molecular complexity index is 717. The van der Waals surface area contributed by atoms with E-state index in [9.17, 15) is 16.8 Å². The normalized spacial score (nSPS) is 24.1. The zero-order chi connectivity index (χ0) is 16.5. The molecule has 1 aromatic carbocycles. The van der Waals surface area contributed by atoms with Crippen LogP contribution in [0.15, 0.2) is 29.2 Å². The highest BCUT2D eigenvalue weighted by Gasteiger charge is 2.31. The van der Waals surface area contributed by atoms with E-state index in [0.717, 1.165) is 12.7 Å². The maximum absolute atomic E-state index is 12.7. The second kappa shape index (κ2) is 6.17. The first-order valence-electron chi connectivity index (χ1n) is 7.16. The molecule has 0 aliphatic carbocycles. The van der Waals surface area contributed by atoms with Gasteiger partial charge in [-0.2, -0.15) is 4.31 Å². The average molecular weight is 346 g/mol. The molecule has 0 radical (unpaired) electrons. The number of rotatable bonds is 4. The molecule has 0 aromatic heterocycles. The number of anilines is 1. The quantitative estimate of drug-likeness (QED) is 0.900. The van der Waals surface area contributed by atoms with Crippen LogP contribution in [0.1, 0.15) is 20.3 Å². The molecule has 1 N–H and O–H groups in total. The van der Waals surface area contributed by atoms with Gasteiger partial charge in [0.25, 0.3) is 0 Å². The van der Waals surface area contributed by atoms with E-state index in [4.69, 9.17) is 0 Å². The van der Waals surface area contributed by atoms with Gasteiger partial charge in [0.1, 0.15) is 0 Å². The molecule has 1 aromatic rings. The minimum Gasteiger partial charge on any atom is -0.284 e. The van der Waals surface area contributed by atoms with Crippen molar-refractivity contribution in [2.75, 3.05) is 24.1 Å². The highest BCUT2D eigenvalue weighted by Crippen LogP contribution is 2.27. The first-order valence-corrected chi connectivity index (χ1v) is 10.5. The molecule has 2 atom stereocenters. The van der Waals surface area contributed by atoms with E-state index in [1.807, 2.05) is 0 Å². The van der Waals surface area contributed by atoms with Crippen LogP contribution < -0.4 is 4.72 Å². The van der Waals surface area contributed by atoms with Crippen molar-refractivity contribution in [1.82, 2.24) is 4.31 Å². The maximum Gasteiger partial charge on any atom is 0.243 e. The summed E-state index contributed by atoms with van der Waals surface area (Å²) >= 11 is 0. The van der Waals surface area contributed by atoms with Crippen LogP contribution in [0.4, 0.5) is 5.69 Å². The predicted octanol–water partition coefficient (Wildman–Crippen LogP) is 1.72. The Hall–Kier alpha value is -1.12. The highest BCUT2D eigenvalue weighted by atomic mass is 32.2. The molecule has 1 saturated heterocycles. The van der Waals surface area contributed by atoms with E-state index in [-0.39, 0.29) is 4.90 Å². The summed E-state index contributed by atoms with van der Waals surface area (Å²) in [7, 11) is -6.90. The summed E-state index contributed by atoms with van der Waals surface area (Å²) in [6.07, 6.45) is 2.08. The van der Waals surface area contributed by atoms with Crippen LogP contribution in [0.5, 0.6) is 0 Å². The van der Waals surface area contributed by atoms with Gasteiger partial charge in [0.15, 0.2) is 0 Å². The van der Waals surface area contributed by atoms with Crippen molar-refractivity contribution in [2.24, 2.45) is 11.8 Å². The fourth-order valence-corrected chi connectivity index (χ4v) is 5.10. The number of hydrogen-bond donors (Lipinski definition) is 1. The van der Waals surface area contributed by atoms with Gasteiger partial charge >= 0.3 is 0 Å². The molecule has 1 heterocycles. The van der Waals surface area contributed by atoms with E-state index in [0.29, 0.717) is 30.6 Å². The Morgan fingerprint density at radius 1 is 1.00 bits per heavy atom. The smallest absolute Gasteiger partial charge is 0.243 e. The van der Waals surface area contributed by atoms with Crippen molar-refractivity contribution in [3.8, 4) is 0 Å². The summed E-state index contributed by atoms with van der Waals surface area (Å²) in [5.74, 6) is 0.675. The zero-order valence-electron chi connectivity index (χ0n) is 13.0. The van der Waals surface area contributed by atoms with Crippen LogP contribution in [0.25, 0.3) is 0 Å². The Morgan fingerprint density at radius 3 is 1.95 bits per heavy atom. The Kier molecular flexibility index (Phi) is 4.84. The van der Waals surface area contributed by atoms with E-state index in [1.54, 1.807) is 0 Å². The molecule has 124 valence electrons. The Labute approximate surface area is 132 Å². The molecule has 0 amide bonds. The van der Waals surface area contributed by atoms with Crippen LogP contribution in [-0.4, -0.2) is 40.5 Å². The lowest BCUT2D eigenvalue weighted by Crippen LogP contribution is -2.42. The zero-order valence-corrected chi connectivity index (χ0v) is 14.6. The van der Waals surface area contributed by atoms with Crippen molar-refractivity contribution in [3.63, 3.8) is 0 Å². The van der Waals surface area contributed by atoms with Crippen molar-refractivity contribution < 1.29 is 16.8 Å². The van der Waals surface area contributed by atoms with Crippen molar-refractivity contribution in [1.29, 1.82) is 0 Å². The number of nitrogens with one attached hydrogen (secondary N) is 1. The molecule has 0 spiro atoms. The molecule has 8 heteroatoms. The van der Waals surface area contributed by atoms with E-state index in [2.05, 4.69) is 18.6 Å². The summed E-state index contributed by atoms with van der Waals surface area (Å²) in [4.78, 5) is 0.188. The third kappa shape index (κ3) is 4.21. The third-order valence-electron chi connectivity index (χ3n) is 3.63. The number of hydrogen-bond acceptors (Lipinski definition) is 4. The molecule has 22 heavy (non-hydrogen) atoms. The summed E-state index contributed by atoms with van der Waals surface area (Å²) in [6.45, 7) is 5.15. The molecular formula is C14H22N2O4S2. The molecule has 0 saturated carbocycles. The fourth-order valence-electron chi connectivity index (χ4n) is 2.86. The lowest BCUT2D eigenvalue weighted by Gasteiger charge is -2.34. The Morgan fingerprint density at radius 2 is 1.50 bits per heavy atom. The van der Waals surface area contributed by atoms with Gasteiger partial charge in [0, 0.05) is 18.8 Å². The summed E-state index contributed by atoms with van der Waals surface area (Å²) < 4.78 is 51.5. The standard InChI is InChI=1S/C14H22N2O4S2/c1-11-8-12(2)10-16(9-11)22(19,20)14-6-4-13(5-7-14)15-21(3,17)18/h4-7,11-12,15H,8-10H2,1-3H3/t11-,12-/m0/s1. The highest BCUT2D eigenvalue weighted by molar-refractivity contribution is 7.92. The first kappa shape index (κ1) is 17.2. The van der Waals surface area contributed by atoms with Crippen molar-refractivity contribution >= 4 is 25.7 Å². The lowest BCUT2D eigenvalue weighted by molar-refractivity contribution is 0.222. The Balaban J connectivity index is 2.22. The monoisotopic (exact) mass is 346 g/mol. The molecule has 0 unspecified atom stereocenters. The van der Waals surface area contributed by atoms with Crippen LogP contribution in [0.2, 0.25) is 0 Å². The van der Waals surface area contributed by atoms with Crippen molar-refractivity contribution in [2.45, 2.75) is 25.2 Å². The van der Waals surface area contributed by atoms with Crippen LogP contribution in [-0.2, 0) is 20.0 Å². The first-order chi connectivity index (χ1) is 10.1. The summed E-state index contributed by atoms with van der Waals surface area (Å²) in [6, 6.07) is 5.80. The second-order valence-corrected chi connectivity index (χ2v) is 9.85. The van der Waals surface area contributed by atoms with E-state index < -0.39 is 20.0 Å². The number of nitrogens with zero attached hydrogens (tertiary/aromatic N) is 1.